The Balaban J connectivity index is 2.55. The summed E-state index contributed by atoms with van der Waals surface area (Å²) in [5.41, 5.74) is -5.13. The Kier molecular flexibility index (Phi) is 5.95. The molecule has 1 heterocycles. The molecule has 0 fully saturated rings. The number of H-pyrrole nitrogens is 2. The fourth-order valence-corrected chi connectivity index (χ4v) is 3.98. The van der Waals surface area contributed by atoms with Crippen molar-refractivity contribution >= 4 is 34.3 Å². The van der Waals surface area contributed by atoms with E-state index in [0.717, 1.165) is 0 Å². The molecule has 0 unspecified atom stereocenters. The number of aromatic amines is 2. The summed E-state index contributed by atoms with van der Waals surface area (Å²) < 4.78 is 69.8. The quantitative estimate of drug-likeness (QED) is 0.219. The van der Waals surface area contributed by atoms with Crippen LogP contribution in [0, 0.1) is 11.6 Å². The van der Waals surface area contributed by atoms with Crippen molar-refractivity contribution < 1.29 is 27.1 Å². The maximum Gasteiger partial charge on any atom is 0.417 e. The van der Waals surface area contributed by atoms with E-state index < -0.39 is 56.2 Å². The van der Waals surface area contributed by atoms with Crippen molar-refractivity contribution in [1.29, 1.82) is 0 Å². The van der Waals surface area contributed by atoms with Crippen LogP contribution in [0.4, 0.5) is 22.0 Å². The molecule has 3 N–H and O–H groups in total. The van der Waals surface area contributed by atoms with Crippen LogP contribution in [0.2, 0.25) is 5.02 Å². The van der Waals surface area contributed by atoms with Crippen molar-refractivity contribution in [3.05, 3.63) is 73.6 Å². The number of alkyl halides is 3. The maximum atomic E-state index is 14.5. The molecule has 0 radical (unpaired) electrons. The highest BCUT2D eigenvalue weighted by Crippen LogP contribution is 2.46. The minimum atomic E-state index is -5.04. The van der Waals surface area contributed by atoms with Gasteiger partial charge in [-0.3, -0.25) is 9.78 Å². The van der Waals surface area contributed by atoms with Gasteiger partial charge in [0.1, 0.15) is 11.6 Å². The number of nitrogens with one attached hydrogen (secondary N) is 2. The fourth-order valence-electron chi connectivity index (χ4n) is 2.80. The number of benzene rings is 2. The zero-order chi connectivity index (χ0) is 22.2. The molecule has 3 aromatic rings. The number of halogens is 6. The monoisotopic (exact) mass is 464 g/mol. The standard InChI is InChI=1S/C18H10ClF5N2O3S/c19-10-5-7(11(20)6-12(10)21)13-9(18(22,23)24)4-8-14(15(13)30-3-1-2-27)25-17(29)26-16(8)28/h1-2,4-6,27H,3H2,(H2,25,26,28,29)/b2-1+. The Hall–Kier alpha value is -2.79. The van der Waals surface area contributed by atoms with E-state index in [4.69, 9.17) is 16.7 Å². The van der Waals surface area contributed by atoms with Crippen LogP contribution in [0.15, 0.2) is 45.0 Å². The van der Waals surface area contributed by atoms with Crippen LogP contribution in [0.1, 0.15) is 5.56 Å². The summed E-state index contributed by atoms with van der Waals surface area (Å²) in [6, 6.07) is 1.51. The summed E-state index contributed by atoms with van der Waals surface area (Å²) in [4.78, 5) is 27.6. The highest BCUT2D eigenvalue weighted by atomic mass is 35.5. The maximum absolute atomic E-state index is 14.5. The molecule has 0 atom stereocenters. The van der Waals surface area contributed by atoms with Crippen LogP contribution < -0.4 is 11.2 Å². The second kappa shape index (κ2) is 8.15. The van der Waals surface area contributed by atoms with Gasteiger partial charge in [0.05, 0.1) is 27.8 Å². The lowest BCUT2D eigenvalue weighted by Crippen LogP contribution is -2.23. The summed E-state index contributed by atoms with van der Waals surface area (Å²) in [7, 11) is 0. The summed E-state index contributed by atoms with van der Waals surface area (Å²) in [5, 5.41) is 7.71. The van der Waals surface area contributed by atoms with Gasteiger partial charge in [0.25, 0.3) is 5.56 Å². The van der Waals surface area contributed by atoms with Gasteiger partial charge in [-0.25, -0.2) is 13.6 Å². The molecule has 3 rings (SSSR count). The molecule has 12 heteroatoms. The largest absolute Gasteiger partial charge is 0.516 e. The molecule has 0 aliphatic heterocycles. The summed E-state index contributed by atoms with van der Waals surface area (Å²) in [5.74, 6) is -2.59. The lowest BCUT2D eigenvalue weighted by atomic mass is 9.96. The minimum Gasteiger partial charge on any atom is -0.516 e. The Labute approximate surface area is 173 Å². The van der Waals surface area contributed by atoms with Crippen LogP contribution in [-0.4, -0.2) is 20.8 Å². The Morgan fingerprint density at radius 2 is 1.80 bits per heavy atom. The van der Waals surface area contributed by atoms with Gasteiger partial charge in [0, 0.05) is 27.8 Å². The molecule has 5 nitrogen and oxygen atoms in total. The van der Waals surface area contributed by atoms with Crippen LogP contribution in [0.5, 0.6) is 0 Å². The van der Waals surface area contributed by atoms with Crippen molar-refractivity contribution in [3.8, 4) is 11.1 Å². The SMILES string of the molecule is O=c1[nH]c(=O)c2cc(C(F)(F)F)c(-c3cc(Cl)c(F)cc3F)c(SC/C=C/O)c2[nH]1. The molecule has 0 saturated carbocycles. The first-order valence-corrected chi connectivity index (χ1v) is 9.38. The smallest absolute Gasteiger partial charge is 0.417 e. The first kappa shape index (κ1) is 21.9. The third-order valence-electron chi connectivity index (χ3n) is 4.01. The first-order valence-electron chi connectivity index (χ1n) is 8.02. The van der Waals surface area contributed by atoms with Crippen LogP contribution >= 0.6 is 23.4 Å². The van der Waals surface area contributed by atoms with Gasteiger partial charge in [-0.1, -0.05) is 11.6 Å². The molecule has 0 saturated heterocycles. The van der Waals surface area contributed by atoms with Crippen molar-refractivity contribution in [2.45, 2.75) is 11.1 Å². The normalized spacial score (nSPS) is 12.2. The van der Waals surface area contributed by atoms with E-state index in [1.54, 1.807) is 0 Å². The Morgan fingerprint density at radius 3 is 2.43 bits per heavy atom. The third kappa shape index (κ3) is 4.08. The first-order chi connectivity index (χ1) is 14.0. The van der Waals surface area contributed by atoms with E-state index in [-0.39, 0.29) is 16.2 Å². The number of hydrogen-bond acceptors (Lipinski definition) is 4. The van der Waals surface area contributed by atoms with Gasteiger partial charge in [-0.2, -0.15) is 13.2 Å². The van der Waals surface area contributed by atoms with Gasteiger partial charge in [0.15, 0.2) is 0 Å². The average molecular weight is 465 g/mol. The third-order valence-corrected chi connectivity index (χ3v) is 5.35. The van der Waals surface area contributed by atoms with Gasteiger partial charge < -0.3 is 10.1 Å². The predicted octanol–water partition coefficient (Wildman–Crippen LogP) is 5.00. The summed E-state index contributed by atoms with van der Waals surface area (Å²) >= 11 is 6.35. The van der Waals surface area contributed by atoms with Crippen molar-refractivity contribution in [2.75, 3.05) is 5.75 Å². The lowest BCUT2D eigenvalue weighted by Gasteiger charge is -2.19. The molecule has 30 heavy (non-hydrogen) atoms. The van der Waals surface area contributed by atoms with E-state index in [1.165, 1.54) is 6.08 Å². The van der Waals surface area contributed by atoms with Gasteiger partial charge in [0.2, 0.25) is 0 Å². The second-order valence-corrected chi connectivity index (χ2v) is 7.34. The Bertz CT molecular complexity index is 1280. The number of aliphatic hydroxyl groups excluding tert-OH is 1. The molecule has 0 spiro atoms. The summed E-state index contributed by atoms with van der Waals surface area (Å²) in [6.45, 7) is 0. The minimum absolute atomic E-state index is 0.0920. The Morgan fingerprint density at radius 1 is 1.10 bits per heavy atom. The number of rotatable bonds is 4. The van der Waals surface area contributed by atoms with E-state index in [2.05, 4.69) is 4.98 Å². The molecule has 0 amide bonds. The fraction of sp³-hybridized carbons (Fsp3) is 0.111. The molecular formula is C18H10ClF5N2O3S. The topological polar surface area (TPSA) is 85.9 Å². The highest BCUT2D eigenvalue weighted by Gasteiger charge is 2.37. The van der Waals surface area contributed by atoms with Crippen molar-refractivity contribution in [2.24, 2.45) is 0 Å². The van der Waals surface area contributed by atoms with Gasteiger partial charge in [-0.15, -0.1) is 11.8 Å². The summed E-state index contributed by atoms with van der Waals surface area (Å²) in [6.07, 6.45) is -3.21. The average Bonchev–Trinajstić information content (AvgIpc) is 2.64. The number of fused-ring (bicyclic) bond motifs is 1. The van der Waals surface area contributed by atoms with Crippen LogP contribution in [0.25, 0.3) is 22.0 Å². The number of aliphatic hydroxyl groups is 1. The van der Waals surface area contributed by atoms with E-state index in [0.29, 0.717) is 36.2 Å². The lowest BCUT2D eigenvalue weighted by molar-refractivity contribution is -0.137. The molecular weight excluding hydrogens is 455 g/mol. The number of aromatic nitrogens is 2. The molecule has 158 valence electrons. The molecule has 2 aromatic carbocycles. The molecule has 1 aromatic heterocycles. The van der Waals surface area contributed by atoms with Gasteiger partial charge >= 0.3 is 11.9 Å². The highest BCUT2D eigenvalue weighted by molar-refractivity contribution is 7.99. The van der Waals surface area contributed by atoms with Gasteiger partial charge in [-0.05, 0) is 18.2 Å². The molecule has 0 aliphatic carbocycles. The van der Waals surface area contributed by atoms with Crippen molar-refractivity contribution in [1.82, 2.24) is 9.97 Å². The zero-order valence-electron chi connectivity index (χ0n) is 14.5. The number of thioether (sulfide) groups is 1. The van der Waals surface area contributed by atoms with Crippen molar-refractivity contribution in [3.63, 3.8) is 0 Å². The second-order valence-electron chi connectivity index (χ2n) is 5.90. The zero-order valence-corrected chi connectivity index (χ0v) is 16.1. The van der Waals surface area contributed by atoms with E-state index in [9.17, 15) is 31.5 Å². The molecule has 0 bridgehead atoms. The van der Waals surface area contributed by atoms with Crippen LogP contribution in [0.3, 0.4) is 0 Å². The number of hydrogen-bond donors (Lipinski definition) is 3. The van der Waals surface area contributed by atoms with E-state index >= 15 is 0 Å². The molecule has 0 aliphatic rings. The van der Waals surface area contributed by atoms with Crippen LogP contribution in [-0.2, 0) is 6.18 Å². The predicted molar refractivity (Wildman–Crippen MR) is 103 cm³/mol. The van der Waals surface area contributed by atoms with E-state index in [1.807, 2.05) is 4.98 Å².